The first-order chi connectivity index (χ1) is 7.99. The van der Waals surface area contributed by atoms with Gasteiger partial charge in [0.05, 0.1) is 6.10 Å². The Bertz CT molecular complexity index is 182. The Balaban J connectivity index is 3.80. The van der Waals surface area contributed by atoms with E-state index in [0.717, 1.165) is 19.3 Å². The van der Waals surface area contributed by atoms with E-state index in [4.69, 9.17) is 0 Å². The van der Waals surface area contributed by atoms with E-state index < -0.39 is 0 Å². The maximum atomic E-state index is 10.3. The highest BCUT2D eigenvalue weighted by Crippen LogP contribution is 2.24. The molecule has 0 bridgehead atoms. The number of aliphatic hydroxyl groups is 1. The smallest absolute Gasteiger partial charge is 0.0720 e. The molecule has 0 spiro atoms. The van der Waals surface area contributed by atoms with Crippen molar-refractivity contribution in [1.82, 2.24) is 4.90 Å². The Hall–Kier alpha value is -0.0800. The van der Waals surface area contributed by atoms with Crippen molar-refractivity contribution in [3.63, 3.8) is 0 Å². The summed E-state index contributed by atoms with van der Waals surface area (Å²) in [5, 5.41) is 10.3. The molecule has 0 aliphatic rings. The number of hydrogen-bond acceptors (Lipinski definition) is 2. The predicted molar refractivity (Wildman–Crippen MR) is 76.4 cm³/mol. The van der Waals surface area contributed by atoms with Crippen molar-refractivity contribution in [3.8, 4) is 0 Å². The van der Waals surface area contributed by atoms with Gasteiger partial charge in [-0.3, -0.25) is 0 Å². The summed E-state index contributed by atoms with van der Waals surface area (Å²) in [7, 11) is 4.13. The molecule has 0 fully saturated rings. The van der Waals surface area contributed by atoms with Crippen molar-refractivity contribution >= 4 is 0 Å². The van der Waals surface area contributed by atoms with Gasteiger partial charge in [-0.15, -0.1) is 0 Å². The summed E-state index contributed by atoms with van der Waals surface area (Å²) in [6.45, 7) is 6.56. The monoisotopic (exact) mass is 243 g/mol. The van der Waals surface area contributed by atoms with Gasteiger partial charge in [0, 0.05) is 5.54 Å². The maximum Gasteiger partial charge on any atom is 0.0720 e. The maximum absolute atomic E-state index is 10.3. The molecule has 2 unspecified atom stereocenters. The van der Waals surface area contributed by atoms with E-state index in [1.807, 2.05) is 0 Å². The minimum absolute atomic E-state index is 0.0661. The van der Waals surface area contributed by atoms with E-state index in [2.05, 4.69) is 39.8 Å². The molecule has 0 rings (SSSR count). The fourth-order valence-electron chi connectivity index (χ4n) is 2.28. The first-order valence-electron chi connectivity index (χ1n) is 7.34. The predicted octanol–water partition coefficient (Wildman–Crippen LogP) is 3.83. The van der Waals surface area contributed by atoms with Crippen molar-refractivity contribution in [2.24, 2.45) is 0 Å². The topological polar surface area (TPSA) is 23.5 Å². The van der Waals surface area contributed by atoms with E-state index in [-0.39, 0.29) is 11.6 Å². The van der Waals surface area contributed by atoms with Crippen molar-refractivity contribution in [1.29, 1.82) is 0 Å². The molecule has 104 valence electrons. The molecule has 0 heterocycles. The Morgan fingerprint density at radius 2 is 1.53 bits per heavy atom. The van der Waals surface area contributed by atoms with Crippen LogP contribution in [-0.2, 0) is 0 Å². The quantitative estimate of drug-likeness (QED) is 0.589. The number of unbranched alkanes of at least 4 members (excludes halogenated alkanes) is 5. The molecule has 0 radical (unpaired) electrons. The van der Waals surface area contributed by atoms with Gasteiger partial charge in [0.2, 0.25) is 0 Å². The van der Waals surface area contributed by atoms with Crippen LogP contribution in [0.4, 0.5) is 0 Å². The van der Waals surface area contributed by atoms with E-state index in [0.29, 0.717) is 0 Å². The van der Waals surface area contributed by atoms with Crippen LogP contribution in [0.1, 0.15) is 72.1 Å². The van der Waals surface area contributed by atoms with E-state index in [1.165, 1.54) is 32.1 Å². The average molecular weight is 243 g/mol. The van der Waals surface area contributed by atoms with E-state index in [9.17, 15) is 5.11 Å². The fraction of sp³-hybridized carbons (Fsp3) is 1.00. The fourth-order valence-corrected chi connectivity index (χ4v) is 2.28. The van der Waals surface area contributed by atoms with Gasteiger partial charge in [-0.25, -0.2) is 0 Å². The number of aliphatic hydroxyl groups excluding tert-OH is 1. The van der Waals surface area contributed by atoms with E-state index in [1.54, 1.807) is 0 Å². The first kappa shape index (κ1) is 16.9. The summed E-state index contributed by atoms with van der Waals surface area (Å²) >= 11 is 0. The molecule has 0 saturated carbocycles. The van der Waals surface area contributed by atoms with Crippen LogP contribution in [0.3, 0.4) is 0 Å². The molecular weight excluding hydrogens is 210 g/mol. The van der Waals surface area contributed by atoms with Crippen LogP contribution in [0.15, 0.2) is 0 Å². The molecule has 0 aromatic heterocycles. The second-order valence-electron chi connectivity index (χ2n) is 5.68. The molecule has 2 atom stereocenters. The molecule has 17 heavy (non-hydrogen) atoms. The van der Waals surface area contributed by atoms with Crippen molar-refractivity contribution < 1.29 is 5.11 Å². The minimum atomic E-state index is -0.200. The third-order valence-electron chi connectivity index (χ3n) is 4.29. The Morgan fingerprint density at radius 3 is 2.00 bits per heavy atom. The van der Waals surface area contributed by atoms with Crippen LogP contribution in [-0.4, -0.2) is 35.7 Å². The largest absolute Gasteiger partial charge is 0.391 e. The third-order valence-corrected chi connectivity index (χ3v) is 4.29. The zero-order valence-corrected chi connectivity index (χ0v) is 12.6. The molecule has 0 aliphatic carbocycles. The van der Waals surface area contributed by atoms with Gasteiger partial charge in [-0.05, 0) is 33.9 Å². The van der Waals surface area contributed by atoms with Crippen LogP contribution in [0.2, 0.25) is 0 Å². The van der Waals surface area contributed by atoms with Crippen molar-refractivity contribution in [3.05, 3.63) is 0 Å². The standard InChI is InChI=1S/C15H33NO/c1-6-8-9-10-11-12-13-14(17)15(3,7-2)16(4)5/h14,17H,6-13H2,1-5H3. The molecule has 0 aromatic carbocycles. The number of nitrogens with zero attached hydrogens (tertiary/aromatic N) is 1. The van der Waals surface area contributed by atoms with Crippen LogP contribution in [0.5, 0.6) is 0 Å². The molecule has 1 N–H and O–H groups in total. The number of rotatable bonds is 10. The van der Waals surface area contributed by atoms with Crippen LogP contribution in [0, 0.1) is 0 Å². The summed E-state index contributed by atoms with van der Waals surface area (Å²) < 4.78 is 0. The SMILES string of the molecule is CCCCCCCCC(O)C(C)(CC)N(C)C. The second kappa shape index (κ2) is 8.93. The Morgan fingerprint density at radius 1 is 1.00 bits per heavy atom. The molecule has 0 aliphatic heterocycles. The van der Waals surface area contributed by atoms with Gasteiger partial charge in [-0.2, -0.15) is 0 Å². The minimum Gasteiger partial charge on any atom is -0.391 e. The number of hydrogen-bond donors (Lipinski definition) is 1. The molecule has 0 aromatic rings. The Labute approximate surface area is 108 Å². The van der Waals surface area contributed by atoms with Gasteiger partial charge in [0.25, 0.3) is 0 Å². The lowest BCUT2D eigenvalue weighted by Gasteiger charge is -2.40. The van der Waals surface area contributed by atoms with Gasteiger partial charge in [-0.1, -0.05) is 52.4 Å². The highest BCUT2D eigenvalue weighted by Gasteiger charge is 2.32. The lowest BCUT2D eigenvalue weighted by atomic mass is 9.87. The lowest BCUT2D eigenvalue weighted by Crippen LogP contribution is -2.50. The molecule has 2 heteroatoms. The van der Waals surface area contributed by atoms with Gasteiger partial charge < -0.3 is 10.0 Å². The van der Waals surface area contributed by atoms with Gasteiger partial charge in [0.15, 0.2) is 0 Å². The highest BCUT2D eigenvalue weighted by atomic mass is 16.3. The van der Waals surface area contributed by atoms with Crippen LogP contribution < -0.4 is 0 Å². The molecule has 0 amide bonds. The third kappa shape index (κ3) is 5.87. The van der Waals surface area contributed by atoms with E-state index >= 15 is 0 Å². The average Bonchev–Trinajstić information content (AvgIpc) is 2.31. The highest BCUT2D eigenvalue weighted by molar-refractivity contribution is 4.88. The van der Waals surface area contributed by atoms with Crippen molar-refractivity contribution in [2.45, 2.75) is 83.8 Å². The zero-order chi connectivity index (χ0) is 13.3. The lowest BCUT2D eigenvalue weighted by molar-refractivity contribution is -0.00379. The molecule has 0 saturated heterocycles. The van der Waals surface area contributed by atoms with Gasteiger partial charge in [0.1, 0.15) is 0 Å². The summed E-state index contributed by atoms with van der Waals surface area (Å²) in [6, 6.07) is 0. The van der Waals surface area contributed by atoms with Crippen molar-refractivity contribution in [2.75, 3.05) is 14.1 Å². The van der Waals surface area contributed by atoms with Crippen LogP contribution >= 0.6 is 0 Å². The second-order valence-corrected chi connectivity index (χ2v) is 5.68. The normalized spacial score (nSPS) is 17.1. The van der Waals surface area contributed by atoms with Gasteiger partial charge >= 0.3 is 0 Å². The number of likely N-dealkylation sites (N-methyl/N-ethyl adjacent to an activating group) is 1. The molecular formula is C15H33NO. The zero-order valence-electron chi connectivity index (χ0n) is 12.6. The Kier molecular flexibility index (Phi) is 8.89. The first-order valence-corrected chi connectivity index (χ1v) is 7.34. The molecule has 2 nitrogen and oxygen atoms in total. The summed E-state index contributed by atoms with van der Waals surface area (Å²) in [5.41, 5.74) is -0.0661. The summed E-state index contributed by atoms with van der Waals surface area (Å²) in [6.07, 6.45) is 9.50. The summed E-state index contributed by atoms with van der Waals surface area (Å²) in [5.74, 6) is 0. The van der Waals surface area contributed by atoms with Crippen LogP contribution in [0.25, 0.3) is 0 Å². The summed E-state index contributed by atoms with van der Waals surface area (Å²) in [4.78, 5) is 2.16.